The van der Waals surface area contributed by atoms with Gasteiger partial charge in [0.1, 0.15) is 5.60 Å². The van der Waals surface area contributed by atoms with Crippen LogP contribution in [0.25, 0.3) is 6.08 Å². The van der Waals surface area contributed by atoms with Crippen molar-refractivity contribution in [1.82, 2.24) is 10.3 Å². The summed E-state index contributed by atoms with van der Waals surface area (Å²) in [4.78, 5) is 17.1. The average Bonchev–Trinajstić information content (AvgIpc) is 2.97. The number of thiazole rings is 1. The molecule has 5 heteroatoms. The van der Waals surface area contributed by atoms with Gasteiger partial charge in [-0.25, -0.2) is 4.98 Å². The fraction of sp³-hybridized carbons (Fsp3) is 0.333. The van der Waals surface area contributed by atoms with Crippen LogP contribution in [0.3, 0.4) is 0 Å². The molecule has 0 saturated carbocycles. The predicted molar refractivity (Wildman–Crippen MR) is 92.2 cm³/mol. The highest BCUT2D eigenvalue weighted by Gasteiger charge is 2.34. The number of nitrogens with one attached hydrogen (secondary N) is 1. The van der Waals surface area contributed by atoms with Gasteiger partial charge in [0.15, 0.2) is 0 Å². The summed E-state index contributed by atoms with van der Waals surface area (Å²) in [5.41, 5.74) is 1.14. The van der Waals surface area contributed by atoms with Crippen LogP contribution < -0.4 is 5.32 Å². The van der Waals surface area contributed by atoms with E-state index in [9.17, 15) is 9.90 Å². The van der Waals surface area contributed by atoms with Gasteiger partial charge >= 0.3 is 0 Å². The van der Waals surface area contributed by atoms with Crippen molar-refractivity contribution in [1.29, 1.82) is 0 Å². The van der Waals surface area contributed by atoms with Crippen LogP contribution in [0.15, 0.2) is 36.5 Å². The first kappa shape index (κ1) is 15.9. The SMILES string of the molecule is Cc1ncc(/C=C/C(=O)NC[C@]2(O)CCCc3ccccc32)s1. The molecule has 1 heterocycles. The van der Waals surface area contributed by atoms with Crippen LogP contribution in [0.5, 0.6) is 0 Å². The van der Waals surface area contributed by atoms with Crippen molar-refractivity contribution in [3.05, 3.63) is 57.6 Å². The quantitative estimate of drug-likeness (QED) is 0.849. The van der Waals surface area contributed by atoms with Crippen molar-refractivity contribution in [3.63, 3.8) is 0 Å². The second-order valence-electron chi connectivity index (χ2n) is 5.88. The van der Waals surface area contributed by atoms with Crippen LogP contribution in [0, 0.1) is 6.92 Å². The van der Waals surface area contributed by atoms with Gasteiger partial charge in [0, 0.05) is 17.2 Å². The number of hydrogen-bond acceptors (Lipinski definition) is 4. The van der Waals surface area contributed by atoms with E-state index < -0.39 is 5.60 Å². The van der Waals surface area contributed by atoms with Crippen LogP contribution in [-0.4, -0.2) is 22.5 Å². The van der Waals surface area contributed by atoms with Gasteiger partial charge in [0.2, 0.25) is 5.91 Å². The number of benzene rings is 1. The van der Waals surface area contributed by atoms with Gasteiger partial charge < -0.3 is 10.4 Å². The molecule has 23 heavy (non-hydrogen) atoms. The Balaban J connectivity index is 1.64. The smallest absolute Gasteiger partial charge is 0.244 e. The van der Waals surface area contributed by atoms with Crippen LogP contribution in [0.4, 0.5) is 0 Å². The van der Waals surface area contributed by atoms with E-state index in [-0.39, 0.29) is 12.5 Å². The number of fused-ring (bicyclic) bond motifs is 1. The number of aryl methyl sites for hydroxylation is 2. The molecule has 1 aliphatic carbocycles. The highest BCUT2D eigenvalue weighted by atomic mass is 32.1. The summed E-state index contributed by atoms with van der Waals surface area (Å²) in [6.45, 7) is 2.16. The van der Waals surface area contributed by atoms with E-state index in [2.05, 4.69) is 10.3 Å². The number of hydrogen-bond donors (Lipinski definition) is 2. The van der Waals surface area contributed by atoms with Gasteiger partial charge in [-0.2, -0.15) is 0 Å². The molecule has 0 saturated heterocycles. The summed E-state index contributed by atoms with van der Waals surface area (Å²) < 4.78 is 0. The maximum Gasteiger partial charge on any atom is 0.244 e. The molecule has 0 aliphatic heterocycles. The number of carbonyl (C=O) groups is 1. The molecule has 2 N–H and O–H groups in total. The van der Waals surface area contributed by atoms with Gasteiger partial charge in [-0.1, -0.05) is 24.3 Å². The van der Waals surface area contributed by atoms with Gasteiger partial charge in [-0.3, -0.25) is 4.79 Å². The topological polar surface area (TPSA) is 62.2 Å². The highest BCUT2D eigenvalue weighted by molar-refractivity contribution is 7.12. The average molecular weight is 328 g/mol. The van der Waals surface area contributed by atoms with E-state index >= 15 is 0 Å². The maximum atomic E-state index is 12.0. The lowest BCUT2D eigenvalue weighted by Gasteiger charge is -2.34. The predicted octanol–water partition coefficient (Wildman–Crippen LogP) is 2.81. The summed E-state index contributed by atoms with van der Waals surface area (Å²) in [7, 11) is 0. The van der Waals surface area contributed by atoms with Crippen LogP contribution in [-0.2, 0) is 16.8 Å². The maximum absolute atomic E-state index is 12.0. The molecule has 0 radical (unpaired) electrons. The van der Waals surface area contributed by atoms with Gasteiger partial charge in [-0.15, -0.1) is 11.3 Å². The molecular weight excluding hydrogens is 308 g/mol. The number of nitrogens with zero attached hydrogens (tertiary/aromatic N) is 1. The zero-order chi connectivity index (χ0) is 16.3. The van der Waals surface area contributed by atoms with Crippen molar-refractivity contribution < 1.29 is 9.90 Å². The molecule has 3 rings (SSSR count). The summed E-state index contributed by atoms with van der Waals surface area (Å²) in [5.74, 6) is -0.201. The molecule has 1 aliphatic rings. The second-order valence-corrected chi connectivity index (χ2v) is 7.14. The van der Waals surface area contributed by atoms with E-state index in [1.54, 1.807) is 12.3 Å². The summed E-state index contributed by atoms with van der Waals surface area (Å²) in [6, 6.07) is 7.93. The summed E-state index contributed by atoms with van der Waals surface area (Å²) in [5, 5.41) is 14.7. The van der Waals surface area contributed by atoms with E-state index in [1.807, 2.05) is 31.2 Å². The van der Waals surface area contributed by atoms with Crippen LogP contribution >= 0.6 is 11.3 Å². The summed E-state index contributed by atoms with van der Waals surface area (Å²) >= 11 is 1.54. The number of aromatic nitrogens is 1. The molecule has 1 atom stereocenters. The molecule has 1 amide bonds. The summed E-state index contributed by atoms with van der Waals surface area (Å²) in [6.07, 6.45) is 7.57. The van der Waals surface area contributed by atoms with E-state index in [1.165, 1.54) is 23.0 Å². The molecule has 4 nitrogen and oxygen atoms in total. The minimum Gasteiger partial charge on any atom is -0.383 e. The van der Waals surface area contributed by atoms with Crippen molar-refractivity contribution in [2.45, 2.75) is 31.8 Å². The lowest BCUT2D eigenvalue weighted by atomic mass is 9.79. The Labute approximate surface area is 139 Å². The zero-order valence-electron chi connectivity index (χ0n) is 13.1. The normalized spacial score (nSPS) is 20.4. The van der Waals surface area contributed by atoms with Gasteiger partial charge in [0.25, 0.3) is 0 Å². The van der Waals surface area contributed by atoms with E-state index in [0.29, 0.717) is 6.42 Å². The van der Waals surface area contributed by atoms with E-state index in [0.717, 1.165) is 28.3 Å². The van der Waals surface area contributed by atoms with Gasteiger partial charge in [0.05, 0.1) is 11.6 Å². The fourth-order valence-electron chi connectivity index (χ4n) is 2.99. The number of aliphatic hydroxyl groups is 1. The Morgan fingerprint density at radius 3 is 3.09 bits per heavy atom. The van der Waals surface area contributed by atoms with E-state index in [4.69, 9.17) is 0 Å². The molecule has 1 aromatic carbocycles. The third-order valence-electron chi connectivity index (χ3n) is 4.15. The lowest BCUT2D eigenvalue weighted by molar-refractivity contribution is -0.118. The first-order chi connectivity index (χ1) is 11.1. The van der Waals surface area contributed by atoms with Crippen molar-refractivity contribution >= 4 is 23.3 Å². The first-order valence-corrected chi connectivity index (χ1v) is 8.58. The Morgan fingerprint density at radius 2 is 2.30 bits per heavy atom. The number of carbonyl (C=O) groups excluding carboxylic acids is 1. The third kappa shape index (κ3) is 3.68. The van der Waals surface area contributed by atoms with Crippen molar-refractivity contribution in [3.8, 4) is 0 Å². The highest BCUT2D eigenvalue weighted by Crippen LogP contribution is 2.34. The Hall–Kier alpha value is -1.98. The Kier molecular flexibility index (Phi) is 4.59. The molecule has 1 aromatic heterocycles. The lowest BCUT2D eigenvalue weighted by Crippen LogP contribution is -2.42. The molecular formula is C18H20N2O2S. The fourth-order valence-corrected chi connectivity index (χ4v) is 3.67. The largest absolute Gasteiger partial charge is 0.383 e. The Bertz CT molecular complexity index is 738. The minimum absolute atomic E-state index is 0.201. The first-order valence-electron chi connectivity index (χ1n) is 7.76. The second kappa shape index (κ2) is 6.64. The molecule has 120 valence electrons. The number of amides is 1. The molecule has 2 aromatic rings. The Morgan fingerprint density at radius 1 is 1.48 bits per heavy atom. The van der Waals surface area contributed by atoms with Crippen LogP contribution in [0.2, 0.25) is 0 Å². The standard InChI is InChI=1S/C18H20N2O2S/c1-13-19-11-15(23-13)8-9-17(21)20-12-18(22)10-4-6-14-5-2-3-7-16(14)18/h2-3,5,7-9,11,22H,4,6,10,12H2,1H3,(H,20,21)/b9-8+/t18-/m1/s1. The van der Waals surface area contributed by atoms with Gasteiger partial charge in [-0.05, 0) is 43.4 Å². The molecule has 0 bridgehead atoms. The minimum atomic E-state index is -0.973. The molecule has 0 spiro atoms. The third-order valence-corrected chi connectivity index (χ3v) is 5.03. The molecule has 0 fully saturated rings. The number of rotatable bonds is 4. The van der Waals surface area contributed by atoms with Crippen molar-refractivity contribution in [2.24, 2.45) is 0 Å². The monoisotopic (exact) mass is 328 g/mol. The zero-order valence-corrected chi connectivity index (χ0v) is 13.9. The van der Waals surface area contributed by atoms with Crippen molar-refractivity contribution in [2.75, 3.05) is 6.54 Å². The molecule has 0 unspecified atom stereocenters. The van der Waals surface area contributed by atoms with Crippen LogP contribution in [0.1, 0.15) is 33.9 Å².